The highest BCUT2D eigenvalue weighted by molar-refractivity contribution is 7.80. The van der Waals surface area contributed by atoms with Gasteiger partial charge in [0.1, 0.15) is 11.6 Å². The minimum Gasteiger partial charge on any atom is -0.496 e. The average Bonchev–Trinajstić information content (AvgIpc) is 3.16. The molecule has 154 valence electrons. The Morgan fingerprint density at radius 2 is 1.93 bits per heavy atom. The smallest absolute Gasteiger partial charge is 0.259 e. The third-order valence-electron chi connectivity index (χ3n) is 4.69. The van der Waals surface area contributed by atoms with E-state index in [1.165, 1.54) is 0 Å². The standard InChI is InChI=1S/C21H21N5O3S/c1-14-11-16(5-8-19(14)29-2)18-13-23-21-10-9-20(24-26(18)21)22-12-15-3-6-17(7-4-15)25-30(27)28/h3-11,13,25H,12H2,1-2H3,(H,22,24)(H,27,28). The highest BCUT2D eigenvalue weighted by Gasteiger charge is 2.10. The van der Waals surface area contributed by atoms with Crippen molar-refractivity contribution in [1.29, 1.82) is 0 Å². The number of benzene rings is 2. The van der Waals surface area contributed by atoms with Crippen molar-refractivity contribution >= 4 is 28.4 Å². The molecule has 2 aromatic carbocycles. The molecule has 4 aromatic rings. The Labute approximate surface area is 176 Å². The fraction of sp³-hybridized carbons (Fsp3) is 0.143. The minimum atomic E-state index is -2.08. The van der Waals surface area contributed by atoms with Crippen LogP contribution in [0.25, 0.3) is 16.9 Å². The summed E-state index contributed by atoms with van der Waals surface area (Å²) >= 11 is -2.08. The number of imidazole rings is 1. The van der Waals surface area contributed by atoms with Gasteiger partial charge < -0.3 is 10.1 Å². The minimum absolute atomic E-state index is 0.562. The zero-order valence-electron chi connectivity index (χ0n) is 16.5. The van der Waals surface area contributed by atoms with E-state index in [1.807, 2.05) is 54.0 Å². The summed E-state index contributed by atoms with van der Waals surface area (Å²) in [6.07, 6.45) is 1.81. The molecule has 0 radical (unpaired) electrons. The second-order valence-electron chi connectivity index (χ2n) is 6.72. The maximum Gasteiger partial charge on any atom is 0.259 e. The number of aryl methyl sites for hydroxylation is 1. The van der Waals surface area contributed by atoms with Gasteiger partial charge >= 0.3 is 0 Å². The van der Waals surface area contributed by atoms with E-state index in [2.05, 4.69) is 26.2 Å². The zero-order valence-corrected chi connectivity index (χ0v) is 17.3. The maximum atomic E-state index is 10.8. The van der Waals surface area contributed by atoms with Gasteiger partial charge in [0.05, 0.1) is 19.0 Å². The summed E-state index contributed by atoms with van der Waals surface area (Å²) in [7, 11) is 1.66. The zero-order chi connectivity index (χ0) is 21.1. The Hall–Kier alpha value is -3.43. The van der Waals surface area contributed by atoms with Crippen molar-refractivity contribution in [2.45, 2.75) is 13.5 Å². The van der Waals surface area contributed by atoms with Gasteiger partial charge in [-0.2, -0.15) is 0 Å². The SMILES string of the molecule is COc1ccc(-c2cnc3ccc(NCc4ccc(NS(=O)O)cc4)nn23)cc1C. The Morgan fingerprint density at radius 1 is 1.13 bits per heavy atom. The van der Waals surface area contributed by atoms with Crippen LogP contribution in [0.3, 0.4) is 0 Å². The molecule has 0 aliphatic rings. The van der Waals surface area contributed by atoms with Gasteiger partial charge in [0.15, 0.2) is 5.65 Å². The fourth-order valence-electron chi connectivity index (χ4n) is 3.19. The lowest BCUT2D eigenvalue weighted by atomic mass is 10.1. The quantitative estimate of drug-likeness (QED) is 0.390. The van der Waals surface area contributed by atoms with Crippen molar-refractivity contribution in [3.05, 3.63) is 71.9 Å². The molecule has 1 atom stereocenters. The number of aromatic nitrogens is 3. The Morgan fingerprint density at radius 3 is 2.63 bits per heavy atom. The number of nitrogens with one attached hydrogen (secondary N) is 2. The monoisotopic (exact) mass is 423 g/mol. The topological polar surface area (TPSA) is 101 Å². The summed E-state index contributed by atoms with van der Waals surface area (Å²) in [5.74, 6) is 1.56. The molecule has 2 heterocycles. The van der Waals surface area contributed by atoms with E-state index in [0.717, 1.165) is 33.8 Å². The van der Waals surface area contributed by atoms with Crippen molar-refractivity contribution in [3.63, 3.8) is 0 Å². The second kappa shape index (κ2) is 8.52. The molecular formula is C21H21N5O3S. The van der Waals surface area contributed by atoms with E-state index in [9.17, 15) is 4.21 Å². The van der Waals surface area contributed by atoms with Crippen LogP contribution in [0.5, 0.6) is 5.75 Å². The van der Waals surface area contributed by atoms with E-state index < -0.39 is 11.3 Å². The maximum absolute atomic E-state index is 10.8. The average molecular weight is 423 g/mol. The second-order valence-corrected chi connectivity index (χ2v) is 7.42. The lowest BCUT2D eigenvalue weighted by molar-refractivity contribution is 0.412. The molecule has 0 saturated heterocycles. The Bertz CT molecular complexity index is 1210. The van der Waals surface area contributed by atoms with Gasteiger partial charge in [-0.1, -0.05) is 12.1 Å². The Kier molecular flexibility index (Phi) is 5.64. The molecule has 0 spiro atoms. The summed E-state index contributed by atoms with van der Waals surface area (Å²) < 4.78 is 29.3. The first-order valence-electron chi connectivity index (χ1n) is 9.23. The first-order chi connectivity index (χ1) is 14.5. The highest BCUT2D eigenvalue weighted by Crippen LogP contribution is 2.26. The molecule has 30 heavy (non-hydrogen) atoms. The number of fused-ring (bicyclic) bond motifs is 1. The number of nitrogens with zero attached hydrogens (tertiary/aromatic N) is 3. The van der Waals surface area contributed by atoms with Crippen molar-refractivity contribution in [2.24, 2.45) is 0 Å². The van der Waals surface area contributed by atoms with Gasteiger partial charge in [0, 0.05) is 17.8 Å². The summed E-state index contributed by atoms with van der Waals surface area (Å²) in [6.45, 7) is 2.57. The van der Waals surface area contributed by atoms with Gasteiger partial charge in [-0.15, -0.1) is 5.10 Å². The predicted octanol–water partition coefficient (Wildman–Crippen LogP) is 3.87. The molecule has 2 aromatic heterocycles. The van der Waals surface area contributed by atoms with E-state index in [0.29, 0.717) is 18.1 Å². The largest absolute Gasteiger partial charge is 0.496 e. The number of ether oxygens (including phenoxy) is 1. The van der Waals surface area contributed by atoms with Crippen LogP contribution in [-0.4, -0.2) is 30.5 Å². The van der Waals surface area contributed by atoms with E-state index in [1.54, 1.807) is 19.2 Å². The van der Waals surface area contributed by atoms with Crippen LogP contribution in [0.1, 0.15) is 11.1 Å². The predicted molar refractivity (Wildman–Crippen MR) is 118 cm³/mol. The van der Waals surface area contributed by atoms with Gasteiger partial charge in [-0.25, -0.2) is 13.7 Å². The van der Waals surface area contributed by atoms with E-state index in [-0.39, 0.29) is 0 Å². The van der Waals surface area contributed by atoms with Crippen molar-refractivity contribution in [1.82, 2.24) is 14.6 Å². The van der Waals surface area contributed by atoms with Crippen LogP contribution in [-0.2, 0) is 17.8 Å². The molecule has 8 nitrogen and oxygen atoms in total. The first kappa shape index (κ1) is 19.9. The van der Waals surface area contributed by atoms with Gasteiger partial charge in [0.25, 0.3) is 11.3 Å². The Balaban J connectivity index is 1.54. The van der Waals surface area contributed by atoms with E-state index in [4.69, 9.17) is 9.29 Å². The van der Waals surface area contributed by atoms with Crippen molar-refractivity contribution in [2.75, 3.05) is 17.1 Å². The molecule has 3 N–H and O–H groups in total. The highest BCUT2D eigenvalue weighted by atomic mass is 32.2. The van der Waals surface area contributed by atoms with Crippen molar-refractivity contribution < 1.29 is 13.5 Å². The molecule has 1 unspecified atom stereocenters. The van der Waals surface area contributed by atoms with Crippen LogP contribution in [0.2, 0.25) is 0 Å². The number of hydrogen-bond donors (Lipinski definition) is 3. The van der Waals surface area contributed by atoms with Crippen LogP contribution < -0.4 is 14.8 Å². The third kappa shape index (κ3) is 4.27. The number of hydrogen-bond acceptors (Lipinski definition) is 5. The van der Waals surface area contributed by atoms with Crippen LogP contribution in [0.15, 0.2) is 60.8 Å². The summed E-state index contributed by atoms with van der Waals surface area (Å²) in [5.41, 5.74) is 5.31. The molecule has 9 heteroatoms. The molecule has 0 aliphatic carbocycles. The summed E-state index contributed by atoms with van der Waals surface area (Å²) in [4.78, 5) is 4.45. The molecule has 4 rings (SSSR count). The van der Waals surface area contributed by atoms with Gasteiger partial charge in [0.2, 0.25) is 0 Å². The van der Waals surface area contributed by atoms with Gasteiger partial charge in [-0.05, 0) is 60.5 Å². The first-order valence-corrected chi connectivity index (χ1v) is 10.3. The molecule has 0 aliphatic heterocycles. The molecular weight excluding hydrogens is 402 g/mol. The number of anilines is 2. The lowest BCUT2D eigenvalue weighted by Crippen LogP contribution is -2.05. The number of rotatable bonds is 7. The van der Waals surface area contributed by atoms with Gasteiger partial charge in [-0.3, -0.25) is 9.27 Å². The molecule has 0 fully saturated rings. The van der Waals surface area contributed by atoms with Crippen molar-refractivity contribution in [3.8, 4) is 17.0 Å². The summed E-state index contributed by atoms with van der Waals surface area (Å²) in [5, 5.41) is 7.98. The van der Waals surface area contributed by atoms with Crippen LogP contribution >= 0.6 is 0 Å². The van der Waals surface area contributed by atoms with Crippen LogP contribution in [0, 0.1) is 6.92 Å². The lowest BCUT2D eigenvalue weighted by Gasteiger charge is -2.09. The van der Waals surface area contributed by atoms with E-state index >= 15 is 0 Å². The summed E-state index contributed by atoms with van der Waals surface area (Å²) in [6, 6.07) is 17.0. The number of methoxy groups -OCH3 is 1. The van der Waals surface area contributed by atoms with Crippen LogP contribution in [0.4, 0.5) is 11.5 Å². The third-order valence-corrected chi connectivity index (χ3v) is 5.10. The molecule has 0 amide bonds. The molecule has 0 saturated carbocycles. The fourth-order valence-corrected chi connectivity index (χ4v) is 3.52. The molecule has 0 bridgehead atoms. The normalized spacial score (nSPS) is 12.0.